The number of ether oxygens (including phenoxy) is 1. The van der Waals surface area contributed by atoms with Crippen molar-refractivity contribution in [3.05, 3.63) is 65.7 Å². The van der Waals surface area contributed by atoms with E-state index < -0.39 is 29.1 Å². The quantitative estimate of drug-likeness (QED) is 0.493. The molecule has 8 nitrogen and oxygen atoms in total. The van der Waals surface area contributed by atoms with Crippen molar-refractivity contribution >= 4 is 29.3 Å². The van der Waals surface area contributed by atoms with Gasteiger partial charge in [0.05, 0.1) is 36.0 Å². The van der Waals surface area contributed by atoms with Crippen molar-refractivity contribution in [1.29, 1.82) is 0 Å². The maximum absolute atomic E-state index is 14.3. The second-order valence-corrected chi connectivity index (χ2v) is 10.8. The van der Waals surface area contributed by atoms with Gasteiger partial charge < -0.3 is 9.84 Å². The summed E-state index contributed by atoms with van der Waals surface area (Å²) >= 11 is 0. The summed E-state index contributed by atoms with van der Waals surface area (Å²) in [5.74, 6) is -3.19. The van der Waals surface area contributed by atoms with Gasteiger partial charge in [0.2, 0.25) is 23.6 Å². The number of allylic oxidation sites excluding steroid dienone is 2. The average molecular weight is 515 g/mol. The number of hydrogen-bond acceptors (Lipinski definition) is 6. The lowest BCUT2D eigenvalue weighted by molar-refractivity contribution is -0.140. The van der Waals surface area contributed by atoms with Gasteiger partial charge in [-0.1, -0.05) is 35.9 Å². The fourth-order valence-corrected chi connectivity index (χ4v) is 7.50. The lowest BCUT2D eigenvalue weighted by Crippen LogP contribution is -2.49. The predicted octanol–water partition coefficient (Wildman–Crippen LogP) is 3.65. The lowest BCUT2D eigenvalue weighted by Gasteiger charge is -2.49. The molecule has 2 saturated heterocycles. The second kappa shape index (κ2) is 8.55. The van der Waals surface area contributed by atoms with E-state index in [9.17, 15) is 24.3 Å². The van der Waals surface area contributed by atoms with Crippen molar-refractivity contribution in [2.24, 2.45) is 29.1 Å². The minimum atomic E-state index is -1.15. The molecule has 2 aromatic rings. The Morgan fingerprint density at radius 1 is 1.00 bits per heavy atom. The number of rotatable bonds is 4. The Morgan fingerprint density at radius 3 is 2.42 bits per heavy atom. The summed E-state index contributed by atoms with van der Waals surface area (Å²) in [5, 5.41) is 10.2. The van der Waals surface area contributed by atoms with Crippen LogP contribution in [0.1, 0.15) is 38.2 Å². The number of para-hydroxylation sites is 1. The summed E-state index contributed by atoms with van der Waals surface area (Å²) in [6.07, 6.45) is 2.72. The lowest BCUT2D eigenvalue weighted by atomic mass is 9.51. The van der Waals surface area contributed by atoms with E-state index >= 15 is 0 Å². The molecule has 6 atom stereocenters. The molecule has 0 radical (unpaired) electrons. The molecular formula is C30H30N2O6. The Kier molecular flexibility index (Phi) is 5.49. The molecule has 2 aromatic carbocycles. The van der Waals surface area contributed by atoms with Crippen molar-refractivity contribution in [3.63, 3.8) is 0 Å². The number of phenols is 1. The van der Waals surface area contributed by atoms with Gasteiger partial charge in [-0.3, -0.25) is 24.1 Å². The number of nitrogens with zero attached hydrogens (tertiary/aromatic N) is 2. The van der Waals surface area contributed by atoms with E-state index in [1.807, 2.05) is 19.1 Å². The van der Waals surface area contributed by atoms with Crippen LogP contribution in [0, 0.1) is 29.1 Å². The molecule has 2 heterocycles. The van der Waals surface area contributed by atoms with E-state index in [1.54, 1.807) is 43.3 Å². The first-order valence-electron chi connectivity index (χ1n) is 13.1. The van der Waals surface area contributed by atoms with Crippen LogP contribution in [-0.2, 0) is 19.2 Å². The summed E-state index contributed by atoms with van der Waals surface area (Å²) in [7, 11) is 1.50. The van der Waals surface area contributed by atoms with E-state index in [4.69, 9.17) is 4.74 Å². The number of likely N-dealkylation sites (tertiary alicyclic amines) is 1. The largest absolute Gasteiger partial charge is 0.508 e. The molecule has 0 bridgehead atoms. The van der Waals surface area contributed by atoms with Crippen molar-refractivity contribution in [2.75, 3.05) is 18.6 Å². The van der Waals surface area contributed by atoms with Gasteiger partial charge in [-0.05, 0) is 50.8 Å². The monoisotopic (exact) mass is 514 g/mol. The summed E-state index contributed by atoms with van der Waals surface area (Å²) in [6.45, 7) is 3.93. The maximum atomic E-state index is 14.3. The van der Waals surface area contributed by atoms with Crippen LogP contribution in [0.5, 0.6) is 11.5 Å². The van der Waals surface area contributed by atoms with Crippen LogP contribution < -0.4 is 9.64 Å². The van der Waals surface area contributed by atoms with Gasteiger partial charge in [0.1, 0.15) is 11.5 Å². The predicted molar refractivity (Wildman–Crippen MR) is 138 cm³/mol. The van der Waals surface area contributed by atoms with Gasteiger partial charge in [0, 0.05) is 24.1 Å². The Bertz CT molecular complexity index is 1400. The van der Waals surface area contributed by atoms with Crippen LogP contribution in [0.15, 0.2) is 60.2 Å². The van der Waals surface area contributed by atoms with E-state index in [-0.39, 0.29) is 35.3 Å². The zero-order valence-electron chi connectivity index (χ0n) is 21.6. The molecule has 1 saturated carbocycles. The number of imide groups is 2. The molecule has 6 unspecified atom stereocenters. The Morgan fingerprint density at radius 2 is 1.74 bits per heavy atom. The van der Waals surface area contributed by atoms with Crippen LogP contribution in [0.4, 0.5) is 5.69 Å². The van der Waals surface area contributed by atoms with Gasteiger partial charge in [0.15, 0.2) is 0 Å². The van der Waals surface area contributed by atoms with Crippen molar-refractivity contribution < 1.29 is 29.0 Å². The van der Waals surface area contributed by atoms with Gasteiger partial charge >= 0.3 is 0 Å². The highest BCUT2D eigenvalue weighted by molar-refractivity contribution is 6.24. The van der Waals surface area contributed by atoms with Gasteiger partial charge in [-0.15, -0.1) is 0 Å². The number of amides is 4. The van der Waals surface area contributed by atoms with Crippen LogP contribution in [-0.4, -0.2) is 47.3 Å². The minimum Gasteiger partial charge on any atom is -0.508 e. The Hall–Kier alpha value is -3.94. The van der Waals surface area contributed by atoms with Crippen LogP contribution in [0.25, 0.3) is 0 Å². The number of methoxy groups -OCH3 is 1. The number of anilines is 1. The number of phenolic OH excluding ortho intramolecular Hbond substituents is 1. The van der Waals surface area contributed by atoms with Gasteiger partial charge in [0.25, 0.3) is 0 Å². The molecule has 38 heavy (non-hydrogen) atoms. The Balaban J connectivity index is 1.56. The molecule has 4 amide bonds. The number of benzene rings is 2. The first-order valence-corrected chi connectivity index (χ1v) is 13.1. The van der Waals surface area contributed by atoms with Crippen LogP contribution in [0.3, 0.4) is 0 Å². The SMILES string of the molecule is CCN1C(=O)C2CC=C3C(CC4C(=O)N(c5ccccc5)C(=O)C4(C)C3c3ccc(O)cc3OC)C2C1=O. The summed E-state index contributed by atoms with van der Waals surface area (Å²) < 4.78 is 5.66. The first kappa shape index (κ1) is 24.4. The molecule has 2 aliphatic heterocycles. The van der Waals surface area contributed by atoms with E-state index in [0.717, 1.165) is 5.57 Å². The second-order valence-electron chi connectivity index (χ2n) is 10.8. The minimum absolute atomic E-state index is 0.0206. The fourth-order valence-electron chi connectivity index (χ4n) is 7.50. The highest BCUT2D eigenvalue weighted by atomic mass is 16.5. The Labute approximate surface area is 220 Å². The molecular weight excluding hydrogens is 484 g/mol. The summed E-state index contributed by atoms with van der Waals surface area (Å²) in [5.41, 5.74) is 0.924. The van der Waals surface area contributed by atoms with Crippen molar-refractivity contribution in [2.45, 2.75) is 32.6 Å². The van der Waals surface area contributed by atoms with Crippen molar-refractivity contribution in [3.8, 4) is 11.5 Å². The third-order valence-electron chi connectivity index (χ3n) is 9.22. The number of hydrogen-bond donors (Lipinski definition) is 1. The van der Waals surface area contributed by atoms with E-state index in [1.165, 1.54) is 23.0 Å². The normalized spacial score (nSPS) is 32.2. The zero-order valence-corrected chi connectivity index (χ0v) is 21.6. The smallest absolute Gasteiger partial charge is 0.241 e. The van der Waals surface area contributed by atoms with Crippen molar-refractivity contribution in [1.82, 2.24) is 4.90 Å². The molecule has 4 aliphatic rings. The zero-order chi connectivity index (χ0) is 26.9. The average Bonchev–Trinajstić information content (AvgIpc) is 3.28. The highest BCUT2D eigenvalue weighted by Crippen LogP contribution is 2.64. The molecule has 0 aromatic heterocycles. The molecule has 8 heteroatoms. The third kappa shape index (κ3) is 3.09. The molecule has 0 spiro atoms. The summed E-state index contributed by atoms with van der Waals surface area (Å²) in [4.78, 5) is 57.5. The van der Waals surface area contributed by atoms with Crippen LogP contribution in [0.2, 0.25) is 0 Å². The summed E-state index contributed by atoms with van der Waals surface area (Å²) in [6, 6.07) is 13.7. The maximum Gasteiger partial charge on any atom is 0.241 e. The molecule has 6 rings (SSSR count). The van der Waals surface area contributed by atoms with Crippen LogP contribution >= 0.6 is 0 Å². The molecule has 2 aliphatic carbocycles. The van der Waals surface area contributed by atoms with E-state index in [2.05, 4.69) is 0 Å². The number of fused-ring (bicyclic) bond motifs is 4. The molecule has 1 N–H and O–H groups in total. The number of aromatic hydroxyl groups is 1. The molecule has 196 valence electrons. The number of carbonyl (C=O) groups excluding carboxylic acids is 4. The fraction of sp³-hybridized carbons (Fsp3) is 0.400. The van der Waals surface area contributed by atoms with Gasteiger partial charge in [-0.25, -0.2) is 4.90 Å². The van der Waals surface area contributed by atoms with Gasteiger partial charge in [-0.2, -0.15) is 0 Å². The molecule has 3 fully saturated rings. The first-order chi connectivity index (χ1) is 18.2. The third-order valence-corrected chi connectivity index (χ3v) is 9.22. The number of carbonyl (C=O) groups is 4. The highest BCUT2D eigenvalue weighted by Gasteiger charge is 2.67. The topological polar surface area (TPSA) is 104 Å². The standard InChI is InChI=1S/C30H30N2O6/c1-4-31-26(34)20-13-12-18-21(24(20)28(31)36)15-22-27(35)32(16-8-6-5-7-9-16)29(37)30(22,2)25(18)19-11-10-17(33)14-23(19)38-3/h5-12,14,20-22,24-25,33H,4,13,15H2,1-3H3. The van der Waals surface area contributed by atoms with E-state index in [0.29, 0.717) is 36.4 Å².